The molecule has 0 aliphatic rings. The van der Waals surface area contributed by atoms with Gasteiger partial charge in [0.05, 0.1) is 0 Å². The van der Waals surface area contributed by atoms with Crippen molar-refractivity contribution in [3.63, 3.8) is 0 Å². The first kappa shape index (κ1) is 11.5. The third-order valence-electron chi connectivity index (χ3n) is 2.47. The summed E-state index contributed by atoms with van der Waals surface area (Å²) in [6.07, 6.45) is -0.201. The zero-order chi connectivity index (χ0) is 12.3. The van der Waals surface area contributed by atoms with E-state index in [1.165, 1.54) is 12.1 Å². The molecule has 0 fully saturated rings. The van der Waals surface area contributed by atoms with Crippen LogP contribution in [0.4, 0.5) is 4.39 Å². The Kier molecular flexibility index (Phi) is 3.28. The minimum Gasteiger partial charge on any atom is -0.508 e. The highest BCUT2D eigenvalue weighted by Gasteiger charge is 2.07. The molecule has 0 bridgehead atoms. The lowest BCUT2D eigenvalue weighted by Gasteiger charge is -2.15. The van der Waals surface area contributed by atoms with Crippen LogP contribution >= 0.6 is 0 Å². The summed E-state index contributed by atoms with van der Waals surface area (Å²) in [6, 6.07) is 12.7. The van der Waals surface area contributed by atoms with Gasteiger partial charge in [0.25, 0.3) is 0 Å². The molecule has 1 atom stereocenters. The van der Waals surface area contributed by atoms with E-state index in [9.17, 15) is 9.50 Å². The SMILES string of the molecule is CC(Oc1ccc(F)cc1)c1cccc(O)c1. The number of phenolic OH excluding ortho intramolecular Hbond substituents is 1. The molecule has 1 unspecified atom stereocenters. The molecule has 2 nitrogen and oxygen atoms in total. The number of hydrogen-bond donors (Lipinski definition) is 1. The predicted molar refractivity (Wildman–Crippen MR) is 63.5 cm³/mol. The van der Waals surface area contributed by atoms with Gasteiger partial charge in [0, 0.05) is 0 Å². The molecule has 88 valence electrons. The van der Waals surface area contributed by atoms with E-state index in [1.54, 1.807) is 30.3 Å². The molecule has 0 saturated heterocycles. The van der Waals surface area contributed by atoms with Gasteiger partial charge in [0.2, 0.25) is 0 Å². The summed E-state index contributed by atoms with van der Waals surface area (Å²) in [5.74, 6) is 0.515. The lowest BCUT2D eigenvalue weighted by molar-refractivity contribution is 0.226. The molecular formula is C14H13FO2. The Labute approximate surface area is 99.3 Å². The molecular weight excluding hydrogens is 219 g/mol. The molecule has 0 spiro atoms. The van der Waals surface area contributed by atoms with Crippen LogP contribution in [-0.4, -0.2) is 5.11 Å². The van der Waals surface area contributed by atoms with Crippen LogP contribution in [0.15, 0.2) is 48.5 Å². The standard InChI is InChI=1S/C14H13FO2/c1-10(11-3-2-4-13(16)9-11)17-14-7-5-12(15)6-8-14/h2-10,16H,1H3. The third kappa shape index (κ3) is 2.97. The average molecular weight is 232 g/mol. The monoisotopic (exact) mass is 232 g/mol. The van der Waals surface area contributed by atoms with Gasteiger partial charge in [-0.1, -0.05) is 12.1 Å². The van der Waals surface area contributed by atoms with E-state index in [2.05, 4.69) is 0 Å². The van der Waals surface area contributed by atoms with E-state index in [4.69, 9.17) is 4.74 Å². The van der Waals surface area contributed by atoms with Crippen molar-refractivity contribution >= 4 is 0 Å². The number of benzene rings is 2. The zero-order valence-electron chi connectivity index (χ0n) is 9.43. The van der Waals surface area contributed by atoms with Crippen molar-refractivity contribution in [2.45, 2.75) is 13.0 Å². The van der Waals surface area contributed by atoms with E-state index < -0.39 is 0 Å². The van der Waals surface area contributed by atoms with Crippen LogP contribution in [0.1, 0.15) is 18.6 Å². The Morgan fingerprint density at radius 3 is 2.47 bits per heavy atom. The highest BCUT2D eigenvalue weighted by Crippen LogP contribution is 2.23. The van der Waals surface area contributed by atoms with Crippen LogP contribution in [0.2, 0.25) is 0 Å². The fraction of sp³-hybridized carbons (Fsp3) is 0.143. The summed E-state index contributed by atoms with van der Waals surface area (Å²) >= 11 is 0. The Balaban J connectivity index is 2.11. The van der Waals surface area contributed by atoms with Gasteiger partial charge in [-0.25, -0.2) is 4.39 Å². The van der Waals surface area contributed by atoms with E-state index in [0.717, 1.165) is 5.56 Å². The van der Waals surface area contributed by atoms with Crippen molar-refractivity contribution in [1.82, 2.24) is 0 Å². The first-order valence-electron chi connectivity index (χ1n) is 5.36. The largest absolute Gasteiger partial charge is 0.508 e. The molecule has 3 heteroatoms. The topological polar surface area (TPSA) is 29.5 Å². The van der Waals surface area contributed by atoms with Crippen molar-refractivity contribution in [2.75, 3.05) is 0 Å². The fourth-order valence-corrected chi connectivity index (χ4v) is 1.56. The van der Waals surface area contributed by atoms with Crippen LogP contribution in [0.25, 0.3) is 0 Å². The molecule has 0 heterocycles. The summed E-state index contributed by atoms with van der Waals surface area (Å²) in [7, 11) is 0. The maximum Gasteiger partial charge on any atom is 0.123 e. The Morgan fingerprint density at radius 2 is 1.82 bits per heavy atom. The lowest BCUT2D eigenvalue weighted by Crippen LogP contribution is -2.02. The van der Waals surface area contributed by atoms with E-state index in [0.29, 0.717) is 5.75 Å². The number of phenols is 1. The van der Waals surface area contributed by atoms with Crippen molar-refractivity contribution < 1.29 is 14.2 Å². The Hall–Kier alpha value is -2.03. The number of halogens is 1. The Morgan fingerprint density at radius 1 is 1.12 bits per heavy atom. The molecule has 17 heavy (non-hydrogen) atoms. The van der Waals surface area contributed by atoms with Crippen LogP contribution < -0.4 is 4.74 Å². The second-order valence-electron chi connectivity index (χ2n) is 3.81. The normalized spacial score (nSPS) is 12.1. The van der Waals surface area contributed by atoms with Crippen LogP contribution in [-0.2, 0) is 0 Å². The van der Waals surface area contributed by atoms with Gasteiger partial charge in [0.1, 0.15) is 23.4 Å². The van der Waals surface area contributed by atoms with Crippen molar-refractivity contribution in [2.24, 2.45) is 0 Å². The third-order valence-corrected chi connectivity index (χ3v) is 2.47. The maximum atomic E-state index is 12.7. The molecule has 0 aromatic heterocycles. The van der Waals surface area contributed by atoms with Crippen molar-refractivity contribution in [1.29, 1.82) is 0 Å². The minimum atomic E-state index is -0.289. The Bertz CT molecular complexity index is 494. The van der Waals surface area contributed by atoms with Gasteiger partial charge >= 0.3 is 0 Å². The highest BCUT2D eigenvalue weighted by atomic mass is 19.1. The summed E-state index contributed by atoms with van der Waals surface area (Å²) in [5.41, 5.74) is 0.870. The molecule has 2 aromatic carbocycles. The number of aromatic hydroxyl groups is 1. The zero-order valence-corrected chi connectivity index (χ0v) is 9.43. The molecule has 1 N–H and O–H groups in total. The van der Waals surface area contributed by atoms with Gasteiger partial charge in [0.15, 0.2) is 0 Å². The van der Waals surface area contributed by atoms with Crippen LogP contribution in [0.5, 0.6) is 11.5 Å². The summed E-state index contributed by atoms with van der Waals surface area (Å²) in [4.78, 5) is 0. The number of ether oxygens (including phenoxy) is 1. The quantitative estimate of drug-likeness (QED) is 0.874. The lowest BCUT2D eigenvalue weighted by atomic mass is 10.1. The van der Waals surface area contributed by atoms with E-state index >= 15 is 0 Å². The summed E-state index contributed by atoms with van der Waals surface area (Å²) < 4.78 is 18.3. The van der Waals surface area contributed by atoms with Gasteiger partial charge in [-0.3, -0.25) is 0 Å². The van der Waals surface area contributed by atoms with Gasteiger partial charge < -0.3 is 9.84 Å². The van der Waals surface area contributed by atoms with E-state index in [1.807, 2.05) is 13.0 Å². The number of hydrogen-bond acceptors (Lipinski definition) is 2. The van der Waals surface area contributed by atoms with Crippen LogP contribution in [0.3, 0.4) is 0 Å². The second kappa shape index (κ2) is 4.87. The molecule has 0 aliphatic heterocycles. The molecule has 0 aliphatic carbocycles. The van der Waals surface area contributed by atoms with E-state index in [-0.39, 0.29) is 17.7 Å². The highest BCUT2D eigenvalue weighted by molar-refractivity contribution is 5.30. The smallest absolute Gasteiger partial charge is 0.123 e. The summed E-state index contributed by atoms with van der Waals surface area (Å²) in [5, 5.41) is 9.36. The summed E-state index contributed by atoms with van der Waals surface area (Å²) in [6.45, 7) is 1.87. The first-order chi connectivity index (χ1) is 8.15. The van der Waals surface area contributed by atoms with Crippen molar-refractivity contribution in [3.8, 4) is 11.5 Å². The van der Waals surface area contributed by atoms with Crippen molar-refractivity contribution in [3.05, 3.63) is 59.9 Å². The maximum absolute atomic E-state index is 12.7. The van der Waals surface area contributed by atoms with Gasteiger partial charge in [-0.05, 0) is 48.9 Å². The number of rotatable bonds is 3. The van der Waals surface area contributed by atoms with Gasteiger partial charge in [-0.2, -0.15) is 0 Å². The second-order valence-corrected chi connectivity index (χ2v) is 3.81. The van der Waals surface area contributed by atoms with Gasteiger partial charge in [-0.15, -0.1) is 0 Å². The molecule has 2 rings (SSSR count). The molecule has 0 radical (unpaired) electrons. The first-order valence-corrected chi connectivity index (χ1v) is 5.36. The molecule has 0 saturated carbocycles. The molecule has 0 amide bonds. The fourth-order valence-electron chi connectivity index (χ4n) is 1.56. The minimum absolute atomic E-state index is 0.201. The molecule has 2 aromatic rings. The van der Waals surface area contributed by atoms with Crippen LogP contribution in [0, 0.1) is 5.82 Å². The average Bonchev–Trinajstić information content (AvgIpc) is 2.32. The predicted octanol–water partition coefficient (Wildman–Crippen LogP) is 3.67.